The maximum absolute atomic E-state index is 11.4. The fraction of sp³-hybridized carbons (Fsp3) is 0.500. The molecule has 0 saturated heterocycles. The number of rotatable bonds is 5. The fourth-order valence-corrected chi connectivity index (χ4v) is 1.49. The molecule has 1 unspecified atom stereocenters. The summed E-state index contributed by atoms with van der Waals surface area (Å²) in [5, 5.41) is 13.7. The Bertz CT molecular complexity index is 329. The average Bonchev–Trinajstić information content (AvgIpc) is 2.62. The van der Waals surface area contributed by atoms with Crippen LogP contribution in [0.1, 0.15) is 10.5 Å². The van der Waals surface area contributed by atoms with Crippen LogP contribution in [-0.2, 0) is 4.74 Å². The Morgan fingerprint density at radius 3 is 3.13 bits per heavy atom. The monoisotopic (exact) mass is 231 g/mol. The van der Waals surface area contributed by atoms with Crippen LogP contribution in [-0.4, -0.2) is 42.4 Å². The summed E-state index contributed by atoms with van der Waals surface area (Å²) in [6.45, 7) is 0.309. The fourth-order valence-electron chi connectivity index (χ4n) is 0.944. The minimum atomic E-state index is -0.713. The van der Waals surface area contributed by atoms with Crippen molar-refractivity contribution in [2.75, 3.05) is 26.0 Å². The number of anilines is 1. The Balaban J connectivity index is 2.36. The maximum Gasteiger partial charge on any atom is 0.270 e. The van der Waals surface area contributed by atoms with Crippen molar-refractivity contribution in [3.8, 4) is 0 Å². The molecule has 7 heteroatoms. The van der Waals surface area contributed by atoms with Crippen molar-refractivity contribution >= 4 is 22.4 Å². The molecule has 1 aromatic heterocycles. The molecule has 15 heavy (non-hydrogen) atoms. The molecule has 84 valence electrons. The van der Waals surface area contributed by atoms with Crippen LogP contribution in [0.5, 0.6) is 0 Å². The highest BCUT2D eigenvalue weighted by atomic mass is 32.1. The van der Waals surface area contributed by atoms with Gasteiger partial charge in [-0.05, 0) is 0 Å². The van der Waals surface area contributed by atoms with Crippen LogP contribution in [0.15, 0.2) is 5.38 Å². The van der Waals surface area contributed by atoms with Crippen LogP contribution in [0.3, 0.4) is 0 Å². The number of aliphatic hydroxyl groups excluding tert-OH is 1. The van der Waals surface area contributed by atoms with E-state index < -0.39 is 6.10 Å². The summed E-state index contributed by atoms with van der Waals surface area (Å²) in [4.78, 5) is 15.2. The first-order valence-electron chi connectivity index (χ1n) is 4.29. The molecule has 0 saturated carbocycles. The maximum atomic E-state index is 11.4. The third kappa shape index (κ3) is 3.82. The van der Waals surface area contributed by atoms with E-state index in [1.165, 1.54) is 18.4 Å². The first-order chi connectivity index (χ1) is 7.13. The second-order valence-electron chi connectivity index (χ2n) is 2.89. The van der Waals surface area contributed by atoms with E-state index in [2.05, 4.69) is 10.3 Å². The molecule has 0 aliphatic carbocycles. The van der Waals surface area contributed by atoms with Gasteiger partial charge in [-0.25, -0.2) is 4.98 Å². The van der Waals surface area contributed by atoms with Gasteiger partial charge >= 0.3 is 0 Å². The Morgan fingerprint density at radius 1 is 1.87 bits per heavy atom. The van der Waals surface area contributed by atoms with Gasteiger partial charge in [-0.1, -0.05) is 0 Å². The number of aromatic nitrogens is 1. The van der Waals surface area contributed by atoms with Gasteiger partial charge in [0.15, 0.2) is 5.13 Å². The minimum Gasteiger partial charge on any atom is -0.389 e. The molecule has 0 fully saturated rings. The minimum absolute atomic E-state index is 0.129. The van der Waals surface area contributed by atoms with Gasteiger partial charge in [-0.15, -0.1) is 11.3 Å². The number of hydrogen-bond donors (Lipinski definition) is 3. The summed E-state index contributed by atoms with van der Waals surface area (Å²) in [5.41, 5.74) is 5.64. The lowest BCUT2D eigenvalue weighted by Gasteiger charge is -2.09. The lowest BCUT2D eigenvalue weighted by Crippen LogP contribution is -2.34. The average molecular weight is 231 g/mol. The van der Waals surface area contributed by atoms with Crippen LogP contribution >= 0.6 is 11.3 Å². The predicted molar refractivity (Wildman–Crippen MR) is 56.7 cm³/mol. The molecule has 4 N–H and O–H groups in total. The normalized spacial score (nSPS) is 12.4. The van der Waals surface area contributed by atoms with Crippen LogP contribution in [0.2, 0.25) is 0 Å². The smallest absolute Gasteiger partial charge is 0.270 e. The zero-order valence-corrected chi connectivity index (χ0v) is 9.08. The van der Waals surface area contributed by atoms with Crippen LogP contribution < -0.4 is 11.1 Å². The Labute approximate surface area is 91.1 Å². The molecule has 0 aliphatic heterocycles. The summed E-state index contributed by atoms with van der Waals surface area (Å²) in [6, 6.07) is 0. The first kappa shape index (κ1) is 11.9. The van der Waals surface area contributed by atoms with Gasteiger partial charge in [-0.3, -0.25) is 4.79 Å². The Kier molecular flexibility index (Phi) is 4.47. The number of nitrogens with zero attached hydrogens (tertiary/aromatic N) is 1. The van der Waals surface area contributed by atoms with Gasteiger partial charge in [0.1, 0.15) is 5.69 Å². The molecule has 0 aliphatic rings. The lowest BCUT2D eigenvalue weighted by molar-refractivity contribution is 0.0609. The molecule has 1 aromatic rings. The van der Waals surface area contributed by atoms with E-state index in [1.807, 2.05) is 0 Å². The van der Waals surface area contributed by atoms with Crippen molar-refractivity contribution in [3.63, 3.8) is 0 Å². The van der Waals surface area contributed by atoms with Crippen molar-refractivity contribution in [2.45, 2.75) is 6.10 Å². The predicted octanol–water partition coefficient (Wildman–Crippen LogP) is -0.538. The van der Waals surface area contributed by atoms with E-state index >= 15 is 0 Å². The number of nitrogen functional groups attached to an aromatic ring is 1. The highest BCUT2D eigenvalue weighted by Crippen LogP contribution is 2.10. The third-order valence-corrected chi connectivity index (χ3v) is 2.29. The third-order valence-electron chi connectivity index (χ3n) is 1.61. The largest absolute Gasteiger partial charge is 0.389 e. The lowest BCUT2D eigenvalue weighted by atomic mass is 10.3. The van der Waals surface area contributed by atoms with Crippen molar-refractivity contribution in [1.82, 2.24) is 10.3 Å². The molecule has 0 spiro atoms. The molecule has 1 atom stereocenters. The number of nitrogens with two attached hydrogens (primary N) is 1. The number of hydrogen-bond acceptors (Lipinski definition) is 6. The number of thiazole rings is 1. The van der Waals surface area contributed by atoms with Gasteiger partial charge in [0.2, 0.25) is 0 Å². The van der Waals surface area contributed by atoms with E-state index in [1.54, 1.807) is 5.38 Å². The number of ether oxygens (including phenoxy) is 1. The molecule has 1 heterocycles. The van der Waals surface area contributed by atoms with E-state index in [4.69, 9.17) is 10.5 Å². The zero-order chi connectivity index (χ0) is 11.3. The zero-order valence-electron chi connectivity index (χ0n) is 8.27. The highest BCUT2D eigenvalue weighted by molar-refractivity contribution is 7.13. The summed E-state index contributed by atoms with van der Waals surface area (Å²) >= 11 is 1.20. The van der Waals surface area contributed by atoms with Crippen molar-refractivity contribution < 1.29 is 14.6 Å². The van der Waals surface area contributed by atoms with Gasteiger partial charge < -0.3 is 20.9 Å². The molecular formula is C8H13N3O3S. The van der Waals surface area contributed by atoms with Crippen molar-refractivity contribution in [2.24, 2.45) is 0 Å². The van der Waals surface area contributed by atoms with Crippen LogP contribution in [0.25, 0.3) is 0 Å². The van der Waals surface area contributed by atoms with Crippen LogP contribution in [0.4, 0.5) is 5.13 Å². The molecule has 0 aromatic carbocycles. The summed E-state index contributed by atoms with van der Waals surface area (Å²) < 4.78 is 4.71. The van der Waals surface area contributed by atoms with E-state index in [0.29, 0.717) is 5.13 Å². The Hall–Kier alpha value is -1.18. The summed E-state index contributed by atoms with van der Waals surface area (Å²) in [7, 11) is 1.48. The second kappa shape index (κ2) is 5.64. The number of carbonyl (C=O) groups is 1. The molecule has 0 bridgehead atoms. The van der Waals surface area contributed by atoms with Crippen LogP contribution in [0, 0.1) is 0 Å². The van der Waals surface area contributed by atoms with Gasteiger partial charge in [0.25, 0.3) is 5.91 Å². The number of aliphatic hydroxyl groups is 1. The molecular weight excluding hydrogens is 218 g/mol. The van der Waals surface area contributed by atoms with Crippen molar-refractivity contribution in [3.05, 3.63) is 11.1 Å². The summed E-state index contributed by atoms with van der Waals surface area (Å²) in [6.07, 6.45) is -0.713. The molecule has 6 nitrogen and oxygen atoms in total. The number of amides is 1. The van der Waals surface area contributed by atoms with Crippen molar-refractivity contribution in [1.29, 1.82) is 0 Å². The van der Waals surface area contributed by atoms with Gasteiger partial charge in [-0.2, -0.15) is 0 Å². The highest BCUT2D eigenvalue weighted by Gasteiger charge is 2.11. The van der Waals surface area contributed by atoms with Gasteiger partial charge in [0.05, 0.1) is 12.7 Å². The topological polar surface area (TPSA) is 97.5 Å². The number of carbonyl (C=O) groups excluding carboxylic acids is 1. The molecule has 1 amide bonds. The SMILES string of the molecule is COCC(O)CNC(=O)c1csc(N)n1. The standard InChI is InChI=1S/C8H13N3O3S/c1-14-3-5(12)2-10-7(13)6-4-15-8(9)11-6/h4-5,12H,2-3H2,1H3,(H2,9,11)(H,10,13). The summed E-state index contributed by atoms with van der Waals surface area (Å²) in [5.74, 6) is -0.349. The molecule has 1 rings (SSSR count). The quantitative estimate of drug-likeness (QED) is 0.632. The first-order valence-corrected chi connectivity index (χ1v) is 5.17. The number of nitrogens with one attached hydrogen (secondary N) is 1. The van der Waals surface area contributed by atoms with E-state index in [0.717, 1.165) is 0 Å². The number of methoxy groups -OCH3 is 1. The van der Waals surface area contributed by atoms with Gasteiger partial charge in [0, 0.05) is 19.0 Å². The Morgan fingerprint density at radius 2 is 2.60 bits per heavy atom. The second-order valence-corrected chi connectivity index (χ2v) is 3.78. The van der Waals surface area contributed by atoms with E-state index in [9.17, 15) is 9.90 Å². The molecule has 0 radical (unpaired) electrons. The van der Waals surface area contributed by atoms with E-state index in [-0.39, 0.29) is 24.8 Å².